The average Bonchev–Trinajstić information content (AvgIpc) is 3.42. The van der Waals surface area contributed by atoms with Crippen LogP contribution in [-0.4, -0.2) is 44.3 Å². The monoisotopic (exact) mass is 450 g/mol. The Morgan fingerprint density at radius 2 is 2.00 bits per heavy atom. The van der Waals surface area contributed by atoms with Gasteiger partial charge in [-0.05, 0) is 18.9 Å². The summed E-state index contributed by atoms with van der Waals surface area (Å²) in [5, 5.41) is 11.4. The number of fused-ring (bicyclic) bond motifs is 2. The first-order valence-electron chi connectivity index (χ1n) is 9.53. The fourth-order valence-electron chi connectivity index (χ4n) is 3.54. The molecule has 0 radical (unpaired) electrons. The summed E-state index contributed by atoms with van der Waals surface area (Å²) in [6, 6.07) is 2.65. The van der Waals surface area contributed by atoms with Crippen LogP contribution in [0.15, 0.2) is 23.4 Å². The van der Waals surface area contributed by atoms with Crippen molar-refractivity contribution in [3.8, 4) is 11.4 Å². The minimum atomic E-state index is -4.66. The number of nitrogens with one attached hydrogen (secondary N) is 1. The topological polar surface area (TPSA) is 115 Å². The summed E-state index contributed by atoms with van der Waals surface area (Å²) in [6.45, 7) is 1.62. The molecular formula is C18H17F3N8OS. The molecule has 0 aliphatic heterocycles. The zero-order valence-corrected chi connectivity index (χ0v) is 17.3. The second kappa shape index (κ2) is 6.45. The van der Waals surface area contributed by atoms with Crippen LogP contribution in [0.4, 0.5) is 13.2 Å². The van der Waals surface area contributed by atoms with E-state index in [9.17, 15) is 17.4 Å². The molecule has 1 aliphatic carbocycles. The summed E-state index contributed by atoms with van der Waals surface area (Å²) in [6.07, 6.45) is -1.06. The van der Waals surface area contributed by atoms with E-state index in [1.165, 1.54) is 4.57 Å². The predicted octanol–water partition coefficient (Wildman–Crippen LogP) is 3.39. The van der Waals surface area contributed by atoms with Gasteiger partial charge >= 0.3 is 6.18 Å². The van der Waals surface area contributed by atoms with Gasteiger partial charge in [-0.3, -0.25) is 0 Å². The van der Waals surface area contributed by atoms with E-state index in [0.717, 1.165) is 24.6 Å². The standard InChI is InChI=1S/C18H17F3N8OS/c1-3-31(22,30)17-13(15-23-7-6-11(9-4-5-9)29(15)27-17)16-24-10-8-12(18(19,20)21)25-26-14(10)28(16)2/h6-9,22H,3-5H2,1-2H3. The van der Waals surface area contributed by atoms with Crippen LogP contribution in [-0.2, 0) is 23.0 Å². The Kier molecular flexibility index (Phi) is 4.13. The van der Waals surface area contributed by atoms with Crippen LogP contribution in [0.1, 0.15) is 37.1 Å². The van der Waals surface area contributed by atoms with Gasteiger partial charge in [-0.15, -0.1) is 10.2 Å². The van der Waals surface area contributed by atoms with Crippen LogP contribution in [0.5, 0.6) is 0 Å². The maximum Gasteiger partial charge on any atom is 0.435 e. The smallest absolute Gasteiger partial charge is 0.310 e. The molecule has 162 valence electrons. The average molecular weight is 450 g/mol. The minimum Gasteiger partial charge on any atom is -0.310 e. The predicted molar refractivity (Wildman–Crippen MR) is 105 cm³/mol. The normalized spacial score (nSPS) is 16.8. The summed E-state index contributed by atoms with van der Waals surface area (Å²) >= 11 is 0. The molecule has 1 N–H and O–H groups in total. The van der Waals surface area contributed by atoms with Crippen molar-refractivity contribution < 1.29 is 17.4 Å². The number of aromatic nitrogens is 7. The molecule has 0 bridgehead atoms. The number of aryl methyl sites for hydroxylation is 1. The number of nitrogens with zero attached hydrogens (tertiary/aromatic N) is 7. The molecule has 5 rings (SSSR count). The van der Waals surface area contributed by atoms with Gasteiger partial charge in [0.25, 0.3) is 0 Å². The molecule has 0 amide bonds. The first-order valence-corrected chi connectivity index (χ1v) is 11.3. The van der Waals surface area contributed by atoms with Crippen LogP contribution in [0.3, 0.4) is 0 Å². The third-order valence-corrected chi connectivity index (χ3v) is 7.08. The number of hydrogen-bond donors (Lipinski definition) is 1. The zero-order valence-electron chi connectivity index (χ0n) is 16.5. The molecule has 13 heteroatoms. The highest BCUT2D eigenvalue weighted by Crippen LogP contribution is 2.41. The number of rotatable bonds is 4. The molecule has 9 nitrogen and oxygen atoms in total. The van der Waals surface area contributed by atoms with Crippen molar-refractivity contribution in [3.63, 3.8) is 0 Å². The van der Waals surface area contributed by atoms with E-state index < -0.39 is 21.6 Å². The molecule has 1 saturated carbocycles. The first-order chi connectivity index (χ1) is 14.6. The Hall–Kier alpha value is -3.09. The van der Waals surface area contributed by atoms with E-state index in [4.69, 9.17) is 4.78 Å². The molecule has 1 unspecified atom stereocenters. The number of halogens is 3. The third-order valence-electron chi connectivity index (χ3n) is 5.36. The van der Waals surface area contributed by atoms with E-state index in [0.29, 0.717) is 11.6 Å². The Labute approximate surface area is 174 Å². The summed E-state index contributed by atoms with van der Waals surface area (Å²) in [5.74, 6) is 0.502. The Morgan fingerprint density at radius 1 is 1.26 bits per heavy atom. The molecule has 0 spiro atoms. The number of alkyl halides is 3. The Balaban J connectivity index is 1.84. The summed E-state index contributed by atoms with van der Waals surface area (Å²) in [5.41, 5.74) is 0.461. The van der Waals surface area contributed by atoms with Crippen LogP contribution in [0.25, 0.3) is 28.2 Å². The third kappa shape index (κ3) is 3.06. The molecule has 0 aromatic carbocycles. The number of imidazole rings is 1. The van der Waals surface area contributed by atoms with Crippen LogP contribution < -0.4 is 0 Å². The Bertz CT molecular complexity index is 1450. The van der Waals surface area contributed by atoms with Gasteiger partial charge in [0.2, 0.25) is 0 Å². The van der Waals surface area contributed by atoms with E-state index in [1.54, 1.807) is 24.7 Å². The highest BCUT2D eigenvalue weighted by atomic mass is 32.2. The van der Waals surface area contributed by atoms with E-state index in [-0.39, 0.29) is 33.3 Å². The molecule has 1 fully saturated rings. The zero-order chi connectivity index (χ0) is 22.1. The van der Waals surface area contributed by atoms with E-state index in [2.05, 4.69) is 25.3 Å². The van der Waals surface area contributed by atoms with Crippen molar-refractivity contribution in [2.24, 2.45) is 7.05 Å². The molecule has 0 saturated heterocycles. The van der Waals surface area contributed by atoms with Gasteiger partial charge in [0.05, 0.1) is 15.3 Å². The summed E-state index contributed by atoms with van der Waals surface area (Å²) in [4.78, 5) is 8.72. The fraction of sp³-hybridized carbons (Fsp3) is 0.389. The van der Waals surface area contributed by atoms with Gasteiger partial charge in [-0.25, -0.2) is 23.5 Å². The lowest BCUT2D eigenvalue weighted by Gasteiger charge is -2.05. The van der Waals surface area contributed by atoms with Crippen molar-refractivity contribution in [2.45, 2.75) is 36.9 Å². The van der Waals surface area contributed by atoms with Gasteiger partial charge in [-0.1, -0.05) is 6.92 Å². The first kappa shape index (κ1) is 19.8. The molecule has 4 heterocycles. The number of hydrogen-bond acceptors (Lipinski definition) is 7. The molecule has 1 aliphatic rings. The van der Waals surface area contributed by atoms with Crippen molar-refractivity contribution in [2.75, 3.05) is 5.75 Å². The maximum atomic E-state index is 13.1. The lowest BCUT2D eigenvalue weighted by molar-refractivity contribution is -0.141. The van der Waals surface area contributed by atoms with Crippen LogP contribution in [0.2, 0.25) is 0 Å². The molecule has 31 heavy (non-hydrogen) atoms. The molecule has 4 aromatic rings. The summed E-state index contributed by atoms with van der Waals surface area (Å²) in [7, 11) is -1.72. The minimum absolute atomic E-state index is 0.0120. The van der Waals surface area contributed by atoms with Gasteiger partial charge < -0.3 is 4.57 Å². The second-order valence-corrected chi connectivity index (χ2v) is 9.77. The van der Waals surface area contributed by atoms with Gasteiger partial charge in [0.1, 0.15) is 11.3 Å². The quantitative estimate of drug-likeness (QED) is 0.510. The molecule has 1 atom stereocenters. The SMILES string of the molecule is CCS(=N)(=O)c1nn2c(C3CC3)ccnc2c1-c1nc2cc(C(F)(F)F)nnc2n1C. The van der Waals surface area contributed by atoms with Crippen molar-refractivity contribution in [3.05, 3.63) is 29.7 Å². The molecular weight excluding hydrogens is 433 g/mol. The van der Waals surface area contributed by atoms with Crippen LogP contribution >= 0.6 is 0 Å². The lowest BCUT2D eigenvalue weighted by atomic mass is 10.2. The van der Waals surface area contributed by atoms with E-state index >= 15 is 0 Å². The van der Waals surface area contributed by atoms with Crippen molar-refractivity contribution >= 4 is 26.5 Å². The van der Waals surface area contributed by atoms with Gasteiger partial charge in [0, 0.05) is 36.7 Å². The van der Waals surface area contributed by atoms with Crippen molar-refractivity contribution in [1.82, 2.24) is 34.3 Å². The van der Waals surface area contributed by atoms with Crippen LogP contribution in [0, 0.1) is 4.78 Å². The summed E-state index contributed by atoms with van der Waals surface area (Å²) < 4.78 is 63.7. The van der Waals surface area contributed by atoms with Crippen molar-refractivity contribution in [1.29, 1.82) is 4.78 Å². The van der Waals surface area contributed by atoms with Gasteiger partial charge in [-0.2, -0.15) is 18.3 Å². The maximum absolute atomic E-state index is 13.1. The fourth-order valence-corrected chi connectivity index (χ4v) is 4.54. The second-order valence-electron chi connectivity index (χ2n) is 7.45. The highest BCUT2D eigenvalue weighted by Gasteiger charge is 2.35. The lowest BCUT2D eigenvalue weighted by Crippen LogP contribution is -2.09. The van der Waals surface area contributed by atoms with Gasteiger partial charge in [0.15, 0.2) is 22.0 Å². The molecule has 4 aromatic heterocycles. The largest absolute Gasteiger partial charge is 0.435 e. The Morgan fingerprint density at radius 3 is 2.65 bits per heavy atom. The highest BCUT2D eigenvalue weighted by molar-refractivity contribution is 7.92. The van der Waals surface area contributed by atoms with E-state index in [1.807, 2.05) is 6.07 Å².